The summed E-state index contributed by atoms with van der Waals surface area (Å²) in [6.07, 6.45) is 1.16. The summed E-state index contributed by atoms with van der Waals surface area (Å²) >= 11 is 0. The molecule has 3 heterocycles. The van der Waals surface area contributed by atoms with Gasteiger partial charge in [0, 0.05) is 43.4 Å². The lowest BCUT2D eigenvalue weighted by Gasteiger charge is -2.36. The second kappa shape index (κ2) is 13.0. The number of hydrogen-bond acceptors (Lipinski definition) is 9. The number of nitrogens with one attached hydrogen (secondary N) is 2. The lowest BCUT2D eigenvalue weighted by molar-refractivity contribution is -0.144. The molecule has 1 aromatic carbocycles. The molecule has 0 unspecified atom stereocenters. The number of nitrogens with zero attached hydrogens (tertiary/aromatic N) is 3. The predicted molar refractivity (Wildman–Crippen MR) is 161 cm³/mol. The maximum absolute atomic E-state index is 13.8. The highest BCUT2D eigenvalue weighted by Crippen LogP contribution is 2.41. The zero-order valence-corrected chi connectivity index (χ0v) is 25.7. The number of hydrogen-bond donors (Lipinski definition) is 3. The Hall–Kier alpha value is -4.19. The van der Waals surface area contributed by atoms with Gasteiger partial charge in [-0.3, -0.25) is 15.0 Å². The first kappa shape index (κ1) is 31.7. The monoisotopic (exact) mass is 595 g/mol. The van der Waals surface area contributed by atoms with E-state index in [1.54, 1.807) is 18.1 Å². The minimum absolute atomic E-state index is 0.0467. The van der Waals surface area contributed by atoms with Gasteiger partial charge in [-0.15, -0.1) is 0 Å². The van der Waals surface area contributed by atoms with Gasteiger partial charge in [-0.1, -0.05) is 20.8 Å². The largest absolute Gasteiger partial charge is 0.494 e. The third-order valence-corrected chi connectivity index (χ3v) is 7.67. The first-order valence-electron chi connectivity index (χ1n) is 14.4. The zero-order chi connectivity index (χ0) is 31.5. The normalized spacial score (nSPS) is 15.3. The van der Waals surface area contributed by atoms with Gasteiger partial charge >= 0.3 is 5.97 Å². The van der Waals surface area contributed by atoms with Gasteiger partial charge in [-0.25, -0.2) is 9.78 Å². The van der Waals surface area contributed by atoms with Crippen LogP contribution in [-0.4, -0.2) is 91.6 Å². The molecule has 12 nitrogen and oxygen atoms in total. The molecule has 0 radical (unpaired) electrons. The second-order valence-corrected chi connectivity index (χ2v) is 11.7. The van der Waals surface area contributed by atoms with Gasteiger partial charge in [0.1, 0.15) is 23.9 Å². The van der Waals surface area contributed by atoms with Crippen LogP contribution in [0.1, 0.15) is 78.2 Å². The van der Waals surface area contributed by atoms with Crippen molar-refractivity contribution < 1.29 is 33.7 Å². The third-order valence-electron chi connectivity index (χ3n) is 7.67. The number of carbonyl (C=O) groups is 3. The number of rotatable bonds is 11. The highest BCUT2D eigenvalue weighted by atomic mass is 16.5. The van der Waals surface area contributed by atoms with E-state index in [2.05, 4.69) is 36.0 Å². The molecule has 0 atom stereocenters. The van der Waals surface area contributed by atoms with Gasteiger partial charge in [0.2, 0.25) is 0 Å². The average molecular weight is 596 g/mol. The number of amidine groups is 1. The Labute approximate surface area is 251 Å². The molecule has 2 aromatic rings. The van der Waals surface area contributed by atoms with Gasteiger partial charge in [0.25, 0.3) is 5.91 Å². The van der Waals surface area contributed by atoms with E-state index in [1.165, 1.54) is 7.05 Å². The molecular weight excluding hydrogens is 554 g/mol. The van der Waals surface area contributed by atoms with Crippen LogP contribution in [0.3, 0.4) is 0 Å². The van der Waals surface area contributed by atoms with Crippen LogP contribution in [0.2, 0.25) is 0 Å². The molecule has 4 rings (SSSR count). The summed E-state index contributed by atoms with van der Waals surface area (Å²) in [6, 6.07) is 5.44. The lowest BCUT2D eigenvalue weighted by Crippen LogP contribution is -2.38. The number of anilines is 1. The highest BCUT2D eigenvalue weighted by molar-refractivity contribution is 6.06. The van der Waals surface area contributed by atoms with Crippen molar-refractivity contribution in [2.24, 2.45) is 0 Å². The highest BCUT2D eigenvalue weighted by Gasteiger charge is 2.33. The van der Waals surface area contributed by atoms with E-state index in [0.29, 0.717) is 67.4 Å². The smallest absolute Gasteiger partial charge is 0.329 e. The number of methoxy groups -OCH3 is 1. The van der Waals surface area contributed by atoms with Crippen molar-refractivity contribution in [2.75, 3.05) is 51.9 Å². The molecule has 0 spiro atoms. The number of ether oxygens (including phenoxy) is 3. The van der Waals surface area contributed by atoms with Gasteiger partial charge in [-0.2, -0.15) is 0 Å². The molecular formula is C31H41N5O7. The number of amides is 1. The number of carboxylic acid groups (broad SMARTS) is 1. The fourth-order valence-corrected chi connectivity index (χ4v) is 5.47. The molecule has 12 heteroatoms. The van der Waals surface area contributed by atoms with Crippen molar-refractivity contribution in [1.82, 2.24) is 15.2 Å². The zero-order valence-electron chi connectivity index (χ0n) is 25.7. The quantitative estimate of drug-likeness (QED) is 0.330. The molecule has 0 saturated carbocycles. The van der Waals surface area contributed by atoms with Crippen LogP contribution in [0.15, 0.2) is 18.2 Å². The molecule has 0 aliphatic carbocycles. The van der Waals surface area contributed by atoms with E-state index in [4.69, 9.17) is 24.7 Å². The van der Waals surface area contributed by atoms with Crippen molar-refractivity contribution in [3.63, 3.8) is 0 Å². The van der Waals surface area contributed by atoms with E-state index < -0.39 is 11.9 Å². The van der Waals surface area contributed by atoms with Crippen molar-refractivity contribution in [3.05, 3.63) is 46.3 Å². The minimum atomic E-state index is -0.989. The van der Waals surface area contributed by atoms with E-state index in [0.717, 1.165) is 11.3 Å². The predicted octanol–water partition coefficient (Wildman–Crippen LogP) is 3.24. The second-order valence-electron chi connectivity index (χ2n) is 11.7. The Bertz CT molecular complexity index is 1410. The third kappa shape index (κ3) is 6.90. The topological polar surface area (TPSA) is 154 Å². The number of benzene rings is 1. The minimum Gasteiger partial charge on any atom is -0.494 e. The van der Waals surface area contributed by atoms with Crippen molar-refractivity contribution in [3.8, 4) is 11.5 Å². The summed E-state index contributed by atoms with van der Waals surface area (Å²) in [5.41, 5.74) is 3.04. The first-order valence-corrected chi connectivity index (χ1v) is 14.4. The number of fused-ring (bicyclic) bond motifs is 1. The summed E-state index contributed by atoms with van der Waals surface area (Å²) in [6.45, 7) is 9.52. The van der Waals surface area contributed by atoms with Crippen molar-refractivity contribution >= 4 is 29.2 Å². The standard InChI is InChI=1S/C31H41N5O7/c1-7-42-24-14-19-15-36(29(32)26(19)34-27(24)30(40)33-5)16-23(37)18-12-21(31(2,3)4)28(41-6)22(13-18)35-10-8-20(9-11-35)43-17-25(38)39/h12-14,20,32H,7-11,15-17H2,1-6H3,(H,33,40)(H,38,39). The molecule has 1 fully saturated rings. The summed E-state index contributed by atoms with van der Waals surface area (Å²) in [5, 5.41) is 20.3. The SMILES string of the molecule is CCOc1cc2c(nc1C(=O)NC)C(=N)N(CC(=O)c1cc(N3CCC(OCC(=O)O)CC3)c(OC)c(C(C)(C)C)c1)C2. The number of ketones is 1. The number of pyridine rings is 1. The first-order chi connectivity index (χ1) is 20.4. The van der Waals surface area contributed by atoms with E-state index in [1.807, 2.05) is 19.1 Å². The number of carboxylic acids is 1. The Morgan fingerprint density at radius 1 is 1.16 bits per heavy atom. The Balaban J connectivity index is 1.60. The fourth-order valence-electron chi connectivity index (χ4n) is 5.47. The fraction of sp³-hybridized carbons (Fsp3) is 0.516. The molecule has 43 heavy (non-hydrogen) atoms. The van der Waals surface area contributed by atoms with Crippen molar-refractivity contribution in [2.45, 2.75) is 58.6 Å². The van der Waals surface area contributed by atoms with Crippen LogP contribution >= 0.6 is 0 Å². The van der Waals surface area contributed by atoms with E-state index in [-0.39, 0.29) is 42.0 Å². The van der Waals surface area contributed by atoms with Crippen LogP contribution in [0.4, 0.5) is 5.69 Å². The van der Waals surface area contributed by atoms with Crippen LogP contribution in [-0.2, 0) is 21.5 Å². The molecule has 2 aliphatic heterocycles. The summed E-state index contributed by atoms with van der Waals surface area (Å²) in [5.74, 6) is -0.450. The van der Waals surface area contributed by atoms with Crippen LogP contribution < -0.4 is 19.7 Å². The Morgan fingerprint density at radius 2 is 1.86 bits per heavy atom. The molecule has 0 bridgehead atoms. The van der Waals surface area contributed by atoms with E-state index >= 15 is 0 Å². The van der Waals surface area contributed by atoms with Crippen LogP contribution in [0, 0.1) is 5.41 Å². The van der Waals surface area contributed by atoms with Gasteiger partial charge in [0.15, 0.2) is 17.2 Å². The average Bonchev–Trinajstić information content (AvgIpc) is 3.27. The van der Waals surface area contributed by atoms with Crippen LogP contribution in [0.5, 0.6) is 11.5 Å². The van der Waals surface area contributed by atoms with Crippen molar-refractivity contribution in [1.29, 1.82) is 5.41 Å². The summed E-state index contributed by atoms with van der Waals surface area (Å²) in [4.78, 5) is 45.4. The number of aromatic nitrogens is 1. The summed E-state index contributed by atoms with van der Waals surface area (Å²) < 4.78 is 17.1. The van der Waals surface area contributed by atoms with Crippen LogP contribution in [0.25, 0.3) is 0 Å². The summed E-state index contributed by atoms with van der Waals surface area (Å²) in [7, 11) is 3.13. The molecule has 3 N–H and O–H groups in total. The van der Waals surface area contributed by atoms with E-state index in [9.17, 15) is 14.4 Å². The lowest BCUT2D eigenvalue weighted by atomic mass is 9.84. The Morgan fingerprint density at radius 3 is 2.44 bits per heavy atom. The van der Waals surface area contributed by atoms with Gasteiger partial charge in [0.05, 0.1) is 32.1 Å². The molecule has 1 amide bonds. The maximum atomic E-state index is 13.8. The maximum Gasteiger partial charge on any atom is 0.329 e. The molecule has 1 saturated heterocycles. The number of Topliss-reactive ketones (excluding diaryl/α,β-unsaturated/α-hetero) is 1. The van der Waals surface area contributed by atoms with Gasteiger partial charge in [-0.05, 0) is 43.4 Å². The molecule has 1 aromatic heterocycles. The number of aliphatic carboxylic acids is 1. The Kier molecular flexibility index (Phi) is 9.59. The molecule has 232 valence electrons. The number of piperidine rings is 1. The number of carbonyl (C=O) groups excluding carboxylic acids is 2. The molecule has 2 aliphatic rings. The van der Waals surface area contributed by atoms with Gasteiger partial charge < -0.3 is 34.4 Å².